The van der Waals surface area contributed by atoms with Gasteiger partial charge in [0.25, 0.3) is 5.56 Å². The topological polar surface area (TPSA) is 55.2 Å². The van der Waals surface area contributed by atoms with Crippen molar-refractivity contribution in [2.24, 2.45) is 0 Å². The second-order valence-corrected chi connectivity index (χ2v) is 6.15. The quantitative estimate of drug-likeness (QED) is 0.706. The van der Waals surface area contributed by atoms with E-state index in [9.17, 15) is 9.59 Å². The number of rotatable bonds is 5. The zero-order valence-corrected chi connectivity index (χ0v) is 14.6. The van der Waals surface area contributed by atoms with Crippen LogP contribution in [0, 0.1) is 0 Å². The number of halogens is 1. The maximum absolute atomic E-state index is 12.7. The molecule has 0 aliphatic carbocycles. The molecule has 0 saturated heterocycles. The summed E-state index contributed by atoms with van der Waals surface area (Å²) >= 11 is 6.01. The molecule has 1 aromatic heterocycles. The van der Waals surface area contributed by atoms with Crippen molar-refractivity contribution in [1.82, 2.24) is 14.5 Å². The van der Waals surface area contributed by atoms with Crippen LogP contribution in [-0.4, -0.2) is 26.9 Å². The number of fused-ring (bicyclic) bond motifs is 1. The second-order valence-electron chi connectivity index (χ2n) is 5.71. The van der Waals surface area contributed by atoms with Gasteiger partial charge in [-0.2, -0.15) is 0 Å². The van der Waals surface area contributed by atoms with Gasteiger partial charge in [0.15, 0.2) is 0 Å². The normalized spacial score (nSPS) is 10.8. The molecule has 0 radical (unpaired) electrons. The molecule has 3 aromatic rings. The molecule has 0 aliphatic rings. The summed E-state index contributed by atoms with van der Waals surface area (Å²) in [5, 5.41) is 0.636. The minimum absolute atomic E-state index is 0.0176. The highest BCUT2D eigenvalue weighted by Crippen LogP contribution is 2.14. The van der Waals surface area contributed by atoms with Crippen molar-refractivity contribution in [2.45, 2.75) is 20.0 Å². The highest BCUT2D eigenvalue weighted by molar-refractivity contribution is 6.30. The van der Waals surface area contributed by atoms with Crippen molar-refractivity contribution in [1.29, 1.82) is 0 Å². The number of para-hydroxylation sites is 2. The first-order valence-electron chi connectivity index (χ1n) is 8.05. The number of amides is 1. The molecule has 0 spiro atoms. The number of aromatic nitrogens is 2. The van der Waals surface area contributed by atoms with E-state index >= 15 is 0 Å². The zero-order valence-electron chi connectivity index (χ0n) is 13.9. The van der Waals surface area contributed by atoms with Gasteiger partial charge in [-0.15, -0.1) is 0 Å². The standard InChI is InChI=1S/C19H18ClN3O2/c1-2-22(12-14-6-5-7-15(20)10-14)19(25)13-23-17-9-4-3-8-16(17)21-11-18(23)24/h3-11H,2,12-13H2,1H3. The van der Waals surface area contributed by atoms with Gasteiger partial charge in [-0.05, 0) is 36.8 Å². The van der Waals surface area contributed by atoms with E-state index in [1.165, 1.54) is 10.8 Å². The number of likely N-dealkylation sites (N-methyl/N-ethyl adjacent to an activating group) is 1. The summed E-state index contributed by atoms with van der Waals surface area (Å²) in [5.41, 5.74) is 2.01. The number of nitrogens with zero attached hydrogens (tertiary/aromatic N) is 3. The lowest BCUT2D eigenvalue weighted by Crippen LogP contribution is -2.36. The van der Waals surface area contributed by atoms with Crippen LogP contribution in [0.3, 0.4) is 0 Å². The Morgan fingerprint density at radius 3 is 2.76 bits per heavy atom. The number of hydrogen-bond donors (Lipinski definition) is 0. The Morgan fingerprint density at radius 1 is 1.20 bits per heavy atom. The van der Waals surface area contributed by atoms with E-state index in [1.807, 2.05) is 43.3 Å². The summed E-state index contributed by atoms with van der Waals surface area (Å²) in [5.74, 6) is -0.124. The molecular weight excluding hydrogens is 338 g/mol. The molecule has 128 valence electrons. The van der Waals surface area contributed by atoms with Crippen LogP contribution in [-0.2, 0) is 17.9 Å². The van der Waals surface area contributed by atoms with E-state index in [1.54, 1.807) is 17.0 Å². The molecule has 0 unspecified atom stereocenters. The largest absolute Gasteiger partial charge is 0.337 e. The van der Waals surface area contributed by atoms with Crippen LogP contribution in [0.1, 0.15) is 12.5 Å². The second kappa shape index (κ2) is 7.49. The lowest BCUT2D eigenvalue weighted by Gasteiger charge is -2.22. The molecule has 0 fully saturated rings. The molecule has 25 heavy (non-hydrogen) atoms. The van der Waals surface area contributed by atoms with Crippen LogP contribution in [0.2, 0.25) is 5.02 Å². The van der Waals surface area contributed by atoms with E-state index in [2.05, 4.69) is 4.98 Å². The van der Waals surface area contributed by atoms with Gasteiger partial charge in [0.05, 0.1) is 17.2 Å². The zero-order chi connectivity index (χ0) is 17.8. The molecule has 0 saturated carbocycles. The molecule has 0 aliphatic heterocycles. The van der Waals surface area contributed by atoms with Crippen LogP contribution in [0.15, 0.2) is 59.5 Å². The Hall–Kier alpha value is -2.66. The highest BCUT2D eigenvalue weighted by Gasteiger charge is 2.15. The summed E-state index contributed by atoms with van der Waals surface area (Å²) < 4.78 is 1.46. The Labute approximate surface area is 150 Å². The molecule has 1 amide bonds. The molecule has 0 bridgehead atoms. The van der Waals surface area contributed by atoms with Gasteiger partial charge in [0.1, 0.15) is 6.54 Å². The Morgan fingerprint density at radius 2 is 2.00 bits per heavy atom. The monoisotopic (exact) mass is 355 g/mol. The van der Waals surface area contributed by atoms with E-state index in [0.29, 0.717) is 29.1 Å². The third-order valence-corrected chi connectivity index (χ3v) is 4.28. The molecule has 0 N–H and O–H groups in total. The summed E-state index contributed by atoms with van der Waals surface area (Å²) in [6.45, 7) is 2.89. The predicted molar refractivity (Wildman–Crippen MR) is 98.5 cm³/mol. The number of carbonyl (C=O) groups excluding carboxylic acids is 1. The number of benzene rings is 2. The minimum Gasteiger partial charge on any atom is -0.337 e. The fourth-order valence-corrected chi connectivity index (χ4v) is 2.96. The van der Waals surface area contributed by atoms with Gasteiger partial charge >= 0.3 is 0 Å². The molecule has 6 heteroatoms. The van der Waals surface area contributed by atoms with Crippen molar-refractivity contribution in [3.63, 3.8) is 0 Å². The Balaban J connectivity index is 1.85. The van der Waals surface area contributed by atoms with Crippen molar-refractivity contribution in [3.8, 4) is 0 Å². The van der Waals surface area contributed by atoms with Crippen LogP contribution in [0.5, 0.6) is 0 Å². The third kappa shape index (κ3) is 3.88. The highest BCUT2D eigenvalue weighted by atomic mass is 35.5. The fraction of sp³-hybridized carbons (Fsp3) is 0.211. The summed E-state index contributed by atoms with van der Waals surface area (Å²) in [6.07, 6.45) is 1.25. The average molecular weight is 356 g/mol. The Bertz CT molecular complexity index is 968. The van der Waals surface area contributed by atoms with Crippen molar-refractivity contribution < 1.29 is 4.79 Å². The van der Waals surface area contributed by atoms with E-state index in [0.717, 1.165) is 5.56 Å². The first kappa shape index (κ1) is 17.2. The summed E-state index contributed by atoms with van der Waals surface area (Å²) in [7, 11) is 0. The molecule has 3 rings (SSSR count). The Kier molecular flexibility index (Phi) is 5.14. The average Bonchev–Trinajstić information content (AvgIpc) is 2.62. The van der Waals surface area contributed by atoms with E-state index in [4.69, 9.17) is 11.6 Å². The lowest BCUT2D eigenvalue weighted by atomic mass is 10.2. The van der Waals surface area contributed by atoms with Crippen LogP contribution < -0.4 is 5.56 Å². The van der Waals surface area contributed by atoms with Gasteiger partial charge in [-0.3, -0.25) is 14.2 Å². The van der Waals surface area contributed by atoms with Crippen LogP contribution >= 0.6 is 11.6 Å². The number of hydrogen-bond acceptors (Lipinski definition) is 3. The molecule has 5 nitrogen and oxygen atoms in total. The van der Waals surface area contributed by atoms with Crippen LogP contribution in [0.25, 0.3) is 11.0 Å². The van der Waals surface area contributed by atoms with Gasteiger partial charge in [0.2, 0.25) is 5.91 Å². The molecular formula is C19H18ClN3O2. The SMILES string of the molecule is CCN(Cc1cccc(Cl)c1)C(=O)Cn1c(=O)cnc2ccccc21. The molecule has 0 atom stereocenters. The van der Waals surface area contributed by atoms with Gasteiger partial charge in [0, 0.05) is 18.1 Å². The first-order valence-corrected chi connectivity index (χ1v) is 8.43. The van der Waals surface area contributed by atoms with Gasteiger partial charge in [-0.1, -0.05) is 35.9 Å². The predicted octanol–water partition coefficient (Wildman–Crippen LogP) is 3.10. The van der Waals surface area contributed by atoms with E-state index < -0.39 is 0 Å². The third-order valence-electron chi connectivity index (χ3n) is 4.04. The molecule has 2 aromatic carbocycles. The lowest BCUT2D eigenvalue weighted by molar-refractivity contribution is -0.132. The van der Waals surface area contributed by atoms with Gasteiger partial charge < -0.3 is 4.90 Å². The number of carbonyl (C=O) groups is 1. The van der Waals surface area contributed by atoms with Gasteiger partial charge in [-0.25, -0.2) is 4.98 Å². The maximum Gasteiger partial charge on any atom is 0.269 e. The first-order chi connectivity index (χ1) is 12.1. The fourth-order valence-electron chi connectivity index (χ4n) is 2.75. The van der Waals surface area contributed by atoms with Crippen LogP contribution in [0.4, 0.5) is 0 Å². The van der Waals surface area contributed by atoms with Crippen molar-refractivity contribution >= 4 is 28.5 Å². The maximum atomic E-state index is 12.7. The van der Waals surface area contributed by atoms with Crippen molar-refractivity contribution in [3.05, 3.63) is 75.7 Å². The smallest absolute Gasteiger partial charge is 0.269 e. The minimum atomic E-state index is -0.286. The molecule has 1 heterocycles. The van der Waals surface area contributed by atoms with Crippen molar-refractivity contribution in [2.75, 3.05) is 6.54 Å². The summed E-state index contributed by atoms with van der Waals surface area (Å²) in [4.78, 5) is 30.8. The summed E-state index contributed by atoms with van der Waals surface area (Å²) in [6, 6.07) is 14.7. The van der Waals surface area contributed by atoms with E-state index in [-0.39, 0.29) is 18.0 Å².